The molecule has 22 heavy (non-hydrogen) atoms. The molecule has 0 spiro atoms. The van der Waals surface area contributed by atoms with Crippen molar-refractivity contribution in [3.63, 3.8) is 0 Å². The Morgan fingerprint density at radius 3 is 2.55 bits per heavy atom. The van der Waals surface area contributed by atoms with E-state index in [-0.39, 0.29) is 17.1 Å². The molecule has 1 aliphatic rings. The Labute approximate surface area is 128 Å². The molecule has 114 valence electrons. The molecule has 0 saturated carbocycles. The van der Waals surface area contributed by atoms with Gasteiger partial charge in [-0.1, -0.05) is 30.3 Å². The number of sulfonamides is 1. The van der Waals surface area contributed by atoms with Crippen molar-refractivity contribution in [3.05, 3.63) is 54.1 Å². The molecule has 0 bridgehead atoms. The number of carbonyl (C=O) groups is 1. The Bertz CT molecular complexity index is 819. The van der Waals surface area contributed by atoms with Crippen LogP contribution in [-0.4, -0.2) is 25.9 Å². The standard InChI is InChI=1S/C15H14N2O4S/c1-21-12-7-8-14-13(9-12)16-15(18)17(22(14,19)20)10-11-5-3-2-4-6-11/h2-9H,10H2,1H3,(H,16,18). The van der Waals surface area contributed by atoms with Crippen molar-refractivity contribution in [1.82, 2.24) is 4.31 Å². The first kappa shape index (κ1) is 14.4. The predicted molar refractivity (Wildman–Crippen MR) is 81.2 cm³/mol. The van der Waals surface area contributed by atoms with Gasteiger partial charge in [0.2, 0.25) is 0 Å². The number of nitrogens with zero attached hydrogens (tertiary/aromatic N) is 1. The van der Waals surface area contributed by atoms with E-state index in [9.17, 15) is 13.2 Å². The van der Waals surface area contributed by atoms with Gasteiger partial charge in [-0.05, 0) is 17.7 Å². The van der Waals surface area contributed by atoms with E-state index in [2.05, 4.69) is 5.32 Å². The average Bonchev–Trinajstić information content (AvgIpc) is 2.52. The van der Waals surface area contributed by atoms with E-state index >= 15 is 0 Å². The minimum atomic E-state index is -3.89. The van der Waals surface area contributed by atoms with Gasteiger partial charge < -0.3 is 10.1 Å². The van der Waals surface area contributed by atoms with E-state index in [1.54, 1.807) is 30.3 Å². The monoisotopic (exact) mass is 318 g/mol. The second kappa shape index (κ2) is 5.34. The Morgan fingerprint density at radius 1 is 1.14 bits per heavy atom. The molecule has 0 atom stereocenters. The molecule has 1 aliphatic heterocycles. The number of hydrogen-bond donors (Lipinski definition) is 1. The summed E-state index contributed by atoms with van der Waals surface area (Å²) >= 11 is 0. The quantitative estimate of drug-likeness (QED) is 0.943. The zero-order valence-corrected chi connectivity index (χ0v) is 12.6. The molecule has 0 saturated heterocycles. The predicted octanol–water partition coefficient (Wildman–Crippen LogP) is 2.43. The van der Waals surface area contributed by atoms with Crippen molar-refractivity contribution in [3.8, 4) is 5.75 Å². The van der Waals surface area contributed by atoms with Gasteiger partial charge in [0.05, 0.1) is 19.3 Å². The van der Waals surface area contributed by atoms with E-state index in [1.807, 2.05) is 6.07 Å². The number of urea groups is 1. The lowest BCUT2D eigenvalue weighted by molar-refractivity contribution is 0.233. The van der Waals surface area contributed by atoms with Crippen LogP contribution in [0.1, 0.15) is 5.56 Å². The number of benzene rings is 2. The molecule has 1 N–H and O–H groups in total. The molecule has 6 nitrogen and oxygen atoms in total. The molecule has 0 aromatic heterocycles. The molecule has 2 amide bonds. The summed E-state index contributed by atoms with van der Waals surface area (Å²) in [7, 11) is -2.41. The second-order valence-electron chi connectivity index (χ2n) is 4.79. The van der Waals surface area contributed by atoms with Crippen molar-refractivity contribution in [1.29, 1.82) is 0 Å². The van der Waals surface area contributed by atoms with Gasteiger partial charge in [0.25, 0.3) is 10.0 Å². The van der Waals surface area contributed by atoms with Gasteiger partial charge in [-0.15, -0.1) is 0 Å². The van der Waals surface area contributed by atoms with Gasteiger partial charge in [0.1, 0.15) is 10.6 Å². The van der Waals surface area contributed by atoms with E-state index in [0.717, 1.165) is 9.87 Å². The number of fused-ring (bicyclic) bond motifs is 1. The minimum Gasteiger partial charge on any atom is -0.497 e. The van der Waals surface area contributed by atoms with Gasteiger partial charge in [-0.3, -0.25) is 0 Å². The van der Waals surface area contributed by atoms with Crippen LogP contribution in [0.25, 0.3) is 0 Å². The van der Waals surface area contributed by atoms with Gasteiger partial charge in [-0.2, -0.15) is 0 Å². The third-order valence-electron chi connectivity index (χ3n) is 3.39. The molecule has 3 rings (SSSR count). The van der Waals surface area contributed by atoms with Crippen LogP contribution in [0.15, 0.2) is 53.4 Å². The number of amides is 2. The first-order valence-corrected chi connectivity index (χ1v) is 8.02. The topological polar surface area (TPSA) is 75.7 Å². The largest absolute Gasteiger partial charge is 0.497 e. The average molecular weight is 318 g/mol. The van der Waals surface area contributed by atoms with Crippen LogP contribution in [0.3, 0.4) is 0 Å². The lowest BCUT2D eigenvalue weighted by Gasteiger charge is -2.29. The molecule has 0 aliphatic carbocycles. The van der Waals surface area contributed by atoms with Crippen LogP contribution in [0.2, 0.25) is 0 Å². The Hall–Kier alpha value is -2.54. The molecule has 1 heterocycles. The molecule has 7 heteroatoms. The number of ether oxygens (including phenoxy) is 1. The zero-order chi connectivity index (χ0) is 15.7. The molecular formula is C15H14N2O4S. The number of rotatable bonds is 3. The third kappa shape index (κ3) is 2.39. The highest BCUT2D eigenvalue weighted by molar-refractivity contribution is 7.90. The van der Waals surface area contributed by atoms with Gasteiger partial charge in [0, 0.05) is 6.07 Å². The summed E-state index contributed by atoms with van der Waals surface area (Å²) in [5.41, 5.74) is 0.965. The Morgan fingerprint density at radius 2 is 1.86 bits per heavy atom. The summed E-state index contributed by atoms with van der Waals surface area (Å²) in [4.78, 5) is 12.2. The molecule has 2 aromatic rings. The van der Waals surface area contributed by atoms with E-state index in [0.29, 0.717) is 5.75 Å². The number of nitrogens with one attached hydrogen (secondary N) is 1. The first-order chi connectivity index (χ1) is 10.5. The second-order valence-corrected chi connectivity index (χ2v) is 6.62. The maximum Gasteiger partial charge on any atom is 0.336 e. The maximum absolute atomic E-state index is 12.6. The third-order valence-corrected chi connectivity index (χ3v) is 5.18. The van der Waals surface area contributed by atoms with Crippen LogP contribution >= 0.6 is 0 Å². The Balaban J connectivity index is 2.02. The van der Waals surface area contributed by atoms with Crippen molar-refractivity contribution < 1.29 is 17.9 Å². The number of anilines is 1. The lowest BCUT2D eigenvalue weighted by atomic mass is 10.2. The van der Waals surface area contributed by atoms with Crippen molar-refractivity contribution in [2.24, 2.45) is 0 Å². The maximum atomic E-state index is 12.6. The summed E-state index contributed by atoms with van der Waals surface area (Å²) in [5.74, 6) is 0.478. The summed E-state index contributed by atoms with van der Waals surface area (Å²) < 4.78 is 31.2. The van der Waals surface area contributed by atoms with Crippen LogP contribution in [0.5, 0.6) is 5.75 Å². The highest BCUT2D eigenvalue weighted by Crippen LogP contribution is 2.33. The fourth-order valence-electron chi connectivity index (χ4n) is 2.27. The number of hydrogen-bond acceptors (Lipinski definition) is 4. The highest BCUT2D eigenvalue weighted by atomic mass is 32.2. The van der Waals surface area contributed by atoms with E-state index in [1.165, 1.54) is 19.2 Å². The smallest absolute Gasteiger partial charge is 0.336 e. The highest BCUT2D eigenvalue weighted by Gasteiger charge is 2.36. The van der Waals surface area contributed by atoms with Gasteiger partial charge >= 0.3 is 6.03 Å². The lowest BCUT2D eigenvalue weighted by Crippen LogP contribution is -2.43. The molecule has 0 unspecified atom stereocenters. The fraction of sp³-hybridized carbons (Fsp3) is 0.133. The SMILES string of the molecule is COc1ccc2c(c1)NC(=O)N(Cc1ccccc1)S2(=O)=O. The molecule has 0 fully saturated rings. The van der Waals surface area contributed by atoms with Crippen LogP contribution in [0.4, 0.5) is 10.5 Å². The van der Waals surface area contributed by atoms with Gasteiger partial charge in [0.15, 0.2) is 0 Å². The van der Waals surface area contributed by atoms with Crippen molar-refractivity contribution >= 4 is 21.7 Å². The molecule has 0 radical (unpaired) electrons. The van der Waals surface area contributed by atoms with E-state index < -0.39 is 16.1 Å². The minimum absolute atomic E-state index is 0.0134. The summed E-state index contributed by atoms with van der Waals surface area (Å²) in [5, 5.41) is 2.59. The van der Waals surface area contributed by atoms with Gasteiger partial charge in [-0.25, -0.2) is 17.5 Å². The van der Waals surface area contributed by atoms with Crippen LogP contribution in [-0.2, 0) is 16.6 Å². The summed E-state index contributed by atoms with van der Waals surface area (Å²) in [6.45, 7) is -0.0134. The Kier molecular flexibility index (Phi) is 3.50. The van der Waals surface area contributed by atoms with Crippen molar-refractivity contribution in [2.75, 3.05) is 12.4 Å². The fourth-order valence-corrected chi connectivity index (χ4v) is 3.72. The first-order valence-electron chi connectivity index (χ1n) is 6.58. The van der Waals surface area contributed by atoms with Crippen molar-refractivity contribution in [2.45, 2.75) is 11.4 Å². The van der Waals surface area contributed by atoms with E-state index in [4.69, 9.17) is 4.74 Å². The van der Waals surface area contributed by atoms with Crippen LogP contribution < -0.4 is 10.1 Å². The molecule has 2 aromatic carbocycles. The zero-order valence-electron chi connectivity index (χ0n) is 11.8. The molecular weight excluding hydrogens is 304 g/mol. The van der Waals surface area contributed by atoms with Crippen LogP contribution in [0, 0.1) is 0 Å². The number of carbonyl (C=O) groups excluding carboxylic acids is 1. The summed E-state index contributed by atoms with van der Waals surface area (Å²) in [6, 6.07) is 12.8. The normalized spacial score (nSPS) is 15.9. The number of methoxy groups -OCH3 is 1. The summed E-state index contributed by atoms with van der Waals surface area (Å²) in [6.07, 6.45) is 0.